The summed E-state index contributed by atoms with van der Waals surface area (Å²) in [6.45, 7) is 4.53. The van der Waals surface area contributed by atoms with Crippen molar-refractivity contribution >= 4 is 22.6 Å². The van der Waals surface area contributed by atoms with E-state index in [1.165, 1.54) is 12.1 Å². The van der Waals surface area contributed by atoms with Gasteiger partial charge in [0.1, 0.15) is 11.6 Å². The molecular weight excluding hydrogens is 289 g/mol. The number of rotatable bonds is 3. The molecule has 3 rings (SSSR count). The molecule has 3 nitrogen and oxygen atoms in total. The molecule has 0 saturated heterocycles. The summed E-state index contributed by atoms with van der Waals surface area (Å²) in [5, 5.41) is -0.252. The molecule has 3 aromatic rings. The van der Waals surface area contributed by atoms with Crippen molar-refractivity contribution in [2.45, 2.75) is 25.8 Å². The SMILES string of the molecule is Cc1ccncc1Cn1c(C(C)Cl)nc2cc(F)ccc21. The van der Waals surface area contributed by atoms with E-state index in [1.54, 1.807) is 12.3 Å². The smallest absolute Gasteiger partial charge is 0.128 e. The number of imidazole rings is 1. The Bertz CT molecular complexity index is 795. The third-order valence-corrected chi connectivity index (χ3v) is 3.77. The molecule has 2 aromatic heterocycles. The predicted octanol–water partition coefficient (Wildman–Crippen LogP) is 4.23. The molecule has 2 heterocycles. The van der Waals surface area contributed by atoms with Gasteiger partial charge in [-0.3, -0.25) is 4.98 Å². The number of aryl methyl sites for hydroxylation is 1. The van der Waals surface area contributed by atoms with Crippen molar-refractivity contribution in [2.75, 3.05) is 0 Å². The maximum atomic E-state index is 13.4. The normalized spacial score (nSPS) is 12.8. The Balaban J connectivity index is 2.16. The highest BCUT2D eigenvalue weighted by atomic mass is 35.5. The first-order valence-electron chi connectivity index (χ1n) is 6.75. The van der Waals surface area contributed by atoms with Gasteiger partial charge in [0.2, 0.25) is 0 Å². The van der Waals surface area contributed by atoms with Crippen molar-refractivity contribution in [1.82, 2.24) is 14.5 Å². The second-order valence-electron chi connectivity index (χ2n) is 5.11. The number of benzene rings is 1. The van der Waals surface area contributed by atoms with Crippen LogP contribution in [0.1, 0.15) is 29.3 Å². The molecule has 108 valence electrons. The molecule has 1 unspecified atom stereocenters. The van der Waals surface area contributed by atoms with Gasteiger partial charge in [-0.2, -0.15) is 0 Å². The summed E-state index contributed by atoms with van der Waals surface area (Å²) in [5.74, 6) is 0.444. The van der Waals surface area contributed by atoms with Crippen LogP contribution in [0, 0.1) is 12.7 Å². The minimum atomic E-state index is -0.293. The average molecular weight is 304 g/mol. The second-order valence-corrected chi connectivity index (χ2v) is 5.76. The van der Waals surface area contributed by atoms with Crippen molar-refractivity contribution < 1.29 is 4.39 Å². The fourth-order valence-corrected chi connectivity index (χ4v) is 2.59. The highest BCUT2D eigenvalue weighted by Crippen LogP contribution is 2.26. The molecule has 1 atom stereocenters. The van der Waals surface area contributed by atoms with E-state index >= 15 is 0 Å². The summed E-state index contributed by atoms with van der Waals surface area (Å²) in [6.07, 6.45) is 3.61. The molecule has 0 aliphatic carbocycles. The Labute approximate surface area is 127 Å². The largest absolute Gasteiger partial charge is 0.322 e. The molecule has 0 bridgehead atoms. The van der Waals surface area contributed by atoms with Gasteiger partial charge in [0.05, 0.1) is 23.0 Å². The van der Waals surface area contributed by atoms with E-state index in [0.717, 1.165) is 22.5 Å². The Morgan fingerprint density at radius 3 is 2.86 bits per heavy atom. The highest BCUT2D eigenvalue weighted by Gasteiger charge is 2.16. The van der Waals surface area contributed by atoms with Crippen LogP contribution in [0.5, 0.6) is 0 Å². The molecule has 0 spiro atoms. The summed E-state index contributed by atoms with van der Waals surface area (Å²) in [7, 11) is 0. The Morgan fingerprint density at radius 1 is 1.33 bits per heavy atom. The van der Waals surface area contributed by atoms with Crippen molar-refractivity contribution in [3.05, 3.63) is 59.4 Å². The number of pyridine rings is 1. The number of hydrogen-bond donors (Lipinski definition) is 0. The van der Waals surface area contributed by atoms with Crippen molar-refractivity contribution in [3.63, 3.8) is 0 Å². The van der Waals surface area contributed by atoms with Crippen molar-refractivity contribution in [2.24, 2.45) is 0 Å². The third-order valence-electron chi connectivity index (χ3n) is 3.57. The van der Waals surface area contributed by atoms with Crippen LogP contribution in [0.25, 0.3) is 11.0 Å². The number of alkyl halides is 1. The lowest BCUT2D eigenvalue weighted by Gasteiger charge is -2.12. The van der Waals surface area contributed by atoms with Gasteiger partial charge in [-0.05, 0) is 43.2 Å². The molecular formula is C16H15ClFN3. The van der Waals surface area contributed by atoms with Gasteiger partial charge in [0.15, 0.2) is 0 Å². The summed E-state index contributed by atoms with van der Waals surface area (Å²) in [5.41, 5.74) is 3.75. The first-order chi connectivity index (χ1) is 10.1. The van der Waals surface area contributed by atoms with Crippen LogP contribution in [-0.2, 0) is 6.54 Å². The lowest BCUT2D eigenvalue weighted by Crippen LogP contribution is -2.07. The predicted molar refractivity (Wildman–Crippen MR) is 82.0 cm³/mol. The van der Waals surface area contributed by atoms with Crippen LogP contribution >= 0.6 is 11.6 Å². The summed E-state index contributed by atoms with van der Waals surface area (Å²) < 4.78 is 15.4. The Morgan fingerprint density at radius 2 is 2.14 bits per heavy atom. The van der Waals surface area contributed by atoms with Crippen LogP contribution in [0.2, 0.25) is 0 Å². The first-order valence-corrected chi connectivity index (χ1v) is 7.19. The van der Waals surface area contributed by atoms with E-state index in [1.807, 2.05) is 30.7 Å². The zero-order valence-corrected chi connectivity index (χ0v) is 12.6. The van der Waals surface area contributed by atoms with E-state index in [-0.39, 0.29) is 11.2 Å². The molecule has 21 heavy (non-hydrogen) atoms. The lowest BCUT2D eigenvalue weighted by atomic mass is 10.1. The van der Waals surface area contributed by atoms with Crippen LogP contribution in [0.4, 0.5) is 4.39 Å². The Hall–Kier alpha value is -1.94. The van der Waals surface area contributed by atoms with Crippen LogP contribution in [0.3, 0.4) is 0 Å². The van der Waals surface area contributed by atoms with Gasteiger partial charge in [-0.1, -0.05) is 0 Å². The molecule has 0 saturated carbocycles. The zero-order valence-electron chi connectivity index (χ0n) is 11.8. The van der Waals surface area contributed by atoms with Crippen molar-refractivity contribution in [3.8, 4) is 0 Å². The van der Waals surface area contributed by atoms with E-state index in [2.05, 4.69) is 9.97 Å². The second kappa shape index (κ2) is 5.45. The number of fused-ring (bicyclic) bond motifs is 1. The summed E-state index contributed by atoms with van der Waals surface area (Å²) in [6, 6.07) is 6.59. The first kappa shape index (κ1) is 14.0. The molecule has 0 radical (unpaired) electrons. The molecule has 0 amide bonds. The summed E-state index contributed by atoms with van der Waals surface area (Å²) in [4.78, 5) is 8.64. The molecule has 0 aliphatic heterocycles. The van der Waals surface area contributed by atoms with E-state index in [4.69, 9.17) is 11.6 Å². The van der Waals surface area contributed by atoms with Gasteiger partial charge in [0, 0.05) is 18.5 Å². The minimum absolute atomic E-state index is 0.252. The van der Waals surface area contributed by atoms with E-state index in [9.17, 15) is 4.39 Å². The number of nitrogens with zero attached hydrogens (tertiary/aromatic N) is 3. The maximum absolute atomic E-state index is 13.4. The molecule has 1 aromatic carbocycles. The lowest BCUT2D eigenvalue weighted by molar-refractivity contribution is 0.629. The molecule has 0 N–H and O–H groups in total. The molecule has 0 fully saturated rings. The van der Waals surface area contributed by atoms with E-state index < -0.39 is 0 Å². The highest BCUT2D eigenvalue weighted by molar-refractivity contribution is 6.20. The van der Waals surface area contributed by atoms with Gasteiger partial charge >= 0.3 is 0 Å². The number of hydrogen-bond acceptors (Lipinski definition) is 2. The fourth-order valence-electron chi connectivity index (χ4n) is 2.42. The third kappa shape index (κ3) is 2.63. The summed E-state index contributed by atoms with van der Waals surface area (Å²) >= 11 is 6.23. The number of aromatic nitrogens is 3. The Kier molecular flexibility index (Phi) is 3.64. The maximum Gasteiger partial charge on any atom is 0.128 e. The average Bonchev–Trinajstić information content (AvgIpc) is 2.79. The van der Waals surface area contributed by atoms with Gasteiger partial charge in [-0.15, -0.1) is 11.6 Å². The zero-order chi connectivity index (χ0) is 15.0. The topological polar surface area (TPSA) is 30.7 Å². The molecule has 0 aliphatic rings. The van der Waals surface area contributed by atoms with Crippen LogP contribution in [0.15, 0.2) is 36.7 Å². The van der Waals surface area contributed by atoms with Gasteiger partial charge < -0.3 is 4.57 Å². The van der Waals surface area contributed by atoms with Gasteiger partial charge in [-0.25, -0.2) is 9.37 Å². The monoisotopic (exact) mass is 303 g/mol. The fraction of sp³-hybridized carbons (Fsp3) is 0.250. The van der Waals surface area contributed by atoms with Gasteiger partial charge in [0.25, 0.3) is 0 Å². The minimum Gasteiger partial charge on any atom is -0.322 e. The van der Waals surface area contributed by atoms with Crippen molar-refractivity contribution in [1.29, 1.82) is 0 Å². The van der Waals surface area contributed by atoms with E-state index in [0.29, 0.717) is 12.1 Å². The number of halogens is 2. The van der Waals surface area contributed by atoms with Crippen LogP contribution in [-0.4, -0.2) is 14.5 Å². The standard InChI is InChI=1S/C16H15ClFN3/c1-10-5-6-19-8-12(10)9-21-15-4-3-13(18)7-14(15)20-16(21)11(2)17/h3-8,11H,9H2,1-2H3. The quantitative estimate of drug-likeness (QED) is 0.678. The van der Waals surface area contributed by atoms with Crippen LogP contribution < -0.4 is 0 Å². The molecule has 5 heteroatoms.